The summed E-state index contributed by atoms with van der Waals surface area (Å²) in [4.78, 5) is 113. The molecule has 21 heteroatoms. The van der Waals surface area contributed by atoms with Crippen molar-refractivity contribution in [2.45, 2.75) is 115 Å². The quantitative estimate of drug-likeness (QED) is 0.153. The number of aromatic nitrogens is 4. The Morgan fingerprint density at radius 3 is 2.07 bits per heavy atom. The van der Waals surface area contributed by atoms with Crippen LogP contribution in [0.2, 0.25) is 0 Å². The van der Waals surface area contributed by atoms with Gasteiger partial charge in [0.25, 0.3) is 11.8 Å². The summed E-state index contributed by atoms with van der Waals surface area (Å²) in [6.07, 6.45) is 13.8. The van der Waals surface area contributed by atoms with Crippen molar-refractivity contribution < 1.29 is 38.3 Å². The third kappa shape index (κ3) is 11.5. The lowest BCUT2D eigenvalue weighted by molar-refractivity contribution is -0.143. The molecule has 2 aliphatic carbocycles. The molecule has 0 bridgehead atoms. The number of ether oxygens (including phenoxy) is 1. The summed E-state index contributed by atoms with van der Waals surface area (Å²) < 4.78 is 7.08. The Hall–Kier alpha value is -6.48. The first-order chi connectivity index (χ1) is 36.3. The Morgan fingerprint density at radius 2 is 1.43 bits per heavy atom. The van der Waals surface area contributed by atoms with Gasteiger partial charge < -0.3 is 30.1 Å². The van der Waals surface area contributed by atoms with Crippen LogP contribution in [0.3, 0.4) is 0 Å². The fourth-order valence-corrected chi connectivity index (χ4v) is 12.7. The molecule has 75 heavy (non-hydrogen) atoms. The number of carbonyl (C=O) groups is 7. The van der Waals surface area contributed by atoms with E-state index in [0.29, 0.717) is 46.1 Å². The summed E-state index contributed by atoms with van der Waals surface area (Å²) in [5.74, 6) is -0.499. The highest BCUT2D eigenvalue weighted by atomic mass is 16.5. The molecule has 4 saturated heterocycles. The van der Waals surface area contributed by atoms with E-state index in [-0.39, 0.29) is 49.1 Å². The number of imide groups is 2. The molecule has 402 valence electrons. The van der Waals surface area contributed by atoms with Crippen molar-refractivity contribution in [3.8, 4) is 0 Å². The second kappa shape index (κ2) is 22.8. The van der Waals surface area contributed by atoms with Gasteiger partial charge in [0, 0.05) is 115 Å². The smallest absolute Gasteiger partial charge is 0.343 e. The largest absolute Gasteiger partial charge is 0.462 e. The van der Waals surface area contributed by atoms with Crippen molar-refractivity contribution in [2.24, 2.45) is 24.8 Å². The molecule has 6 fully saturated rings. The monoisotopic (exact) mass is 1030 g/mol. The number of piperazine rings is 2. The Labute approximate surface area is 438 Å². The molecule has 21 nitrogen and oxygen atoms in total. The molecule has 2 saturated carbocycles. The fraction of sp³-hybridized carbons (Fsp3) is 0.630. The van der Waals surface area contributed by atoms with Crippen LogP contribution in [0, 0.1) is 24.7 Å². The Balaban J connectivity index is 0.607. The van der Waals surface area contributed by atoms with E-state index < -0.39 is 35.6 Å². The first-order valence-electron chi connectivity index (χ1n) is 27.5. The van der Waals surface area contributed by atoms with Gasteiger partial charge in [0.15, 0.2) is 0 Å². The minimum Gasteiger partial charge on any atom is -0.462 e. The number of fused-ring (bicyclic) bond motifs is 1. The molecule has 1 atom stereocenters. The zero-order chi connectivity index (χ0) is 52.3. The highest BCUT2D eigenvalue weighted by Crippen LogP contribution is 2.35. The maximum atomic E-state index is 13.8. The summed E-state index contributed by atoms with van der Waals surface area (Å²) in [6.45, 7) is 13.0. The van der Waals surface area contributed by atoms with E-state index >= 15 is 0 Å². The molecule has 1 unspecified atom stereocenters. The number of aryl methyl sites for hydroxylation is 2. The van der Waals surface area contributed by atoms with Gasteiger partial charge in [-0.2, -0.15) is 10.1 Å². The number of piperidine rings is 2. The molecule has 3 N–H and O–H groups in total. The maximum Gasteiger partial charge on any atom is 0.343 e. The van der Waals surface area contributed by atoms with E-state index in [0.717, 1.165) is 159 Å². The minimum absolute atomic E-state index is 0.00223. The number of likely N-dealkylation sites (tertiary alicyclic amines) is 1. The summed E-state index contributed by atoms with van der Waals surface area (Å²) in [5, 5.41) is 13.2. The van der Waals surface area contributed by atoms with Crippen molar-refractivity contribution >= 4 is 64.6 Å². The van der Waals surface area contributed by atoms with Gasteiger partial charge in [-0.1, -0.05) is 0 Å². The number of carbonyl (C=O) groups excluding carboxylic acids is 7. The Bertz CT molecular complexity index is 2640. The maximum absolute atomic E-state index is 13.8. The van der Waals surface area contributed by atoms with E-state index in [1.165, 1.54) is 0 Å². The highest BCUT2D eigenvalue weighted by molar-refractivity contribution is 6.23. The summed E-state index contributed by atoms with van der Waals surface area (Å²) in [6, 6.07) is 4.92. The van der Waals surface area contributed by atoms with Crippen LogP contribution in [0.15, 0.2) is 30.6 Å². The molecule has 0 spiro atoms. The average Bonchev–Trinajstić information content (AvgIpc) is 3.95. The molecular weight excluding hydrogens is 959 g/mol. The van der Waals surface area contributed by atoms with Crippen LogP contribution in [-0.4, -0.2) is 182 Å². The van der Waals surface area contributed by atoms with E-state index in [2.05, 4.69) is 50.5 Å². The highest BCUT2D eigenvalue weighted by Gasteiger charge is 2.45. The summed E-state index contributed by atoms with van der Waals surface area (Å²) in [7, 11) is 1.84. The van der Waals surface area contributed by atoms with E-state index in [1.54, 1.807) is 36.9 Å². The molecule has 1 aromatic carbocycles. The molecule has 10 rings (SSSR count). The first-order valence-corrected chi connectivity index (χ1v) is 27.5. The molecule has 6 amide bonds. The zero-order valence-electron chi connectivity index (χ0n) is 43.8. The number of amides is 6. The topological polar surface area (TPSA) is 228 Å². The van der Waals surface area contributed by atoms with Crippen molar-refractivity contribution in [1.82, 2.24) is 49.6 Å². The Kier molecular flexibility index (Phi) is 15.8. The van der Waals surface area contributed by atoms with Gasteiger partial charge in [0.05, 0.1) is 35.3 Å². The van der Waals surface area contributed by atoms with Crippen molar-refractivity contribution in [1.29, 1.82) is 0 Å². The third-order valence-corrected chi connectivity index (χ3v) is 17.1. The number of anilines is 4. The molecule has 0 radical (unpaired) electrons. The van der Waals surface area contributed by atoms with Crippen molar-refractivity contribution in [3.63, 3.8) is 0 Å². The van der Waals surface area contributed by atoms with Gasteiger partial charge in [0.2, 0.25) is 29.6 Å². The lowest BCUT2D eigenvalue weighted by Crippen LogP contribution is -2.54. The fourth-order valence-electron chi connectivity index (χ4n) is 12.7. The van der Waals surface area contributed by atoms with Gasteiger partial charge in [-0.3, -0.25) is 53.5 Å². The van der Waals surface area contributed by atoms with Crippen molar-refractivity contribution in [3.05, 3.63) is 53.0 Å². The zero-order valence-corrected chi connectivity index (χ0v) is 43.8. The predicted octanol–water partition coefficient (Wildman–Crippen LogP) is 3.96. The summed E-state index contributed by atoms with van der Waals surface area (Å²) in [5.41, 5.74) is 3.11. The van der Waals surface area contributed by atoms with Crippen LogP contribution in [0.4, 0.5) is 23.1 Å². The number of benzene rings is 1. The second-order valence-corrected chi connectivity index (χ2v) is 21.7. The van der Waals surface area contributed by atoms with Crippen LogP contribution in [0.25, 0.3) is 0 Å². The molecule has 2 aromatic heterocycles. The van der Waals surface area contributed by atoms with Gasteiger partial charge >= 0.3 is 5.97 Å². The van der Waals surface area contributed by atoms with Crippen LogP contribution in [0.5, 0.6) is 0 Å². The number of hydrogen-bond acceptors (Lipinski definition) is 16. The Morgan fingerprint density at radius 1 is 0.760 bits per heavy atom. The molecular formula is C54H73N13O8. The number of nitrogens with one attached hydrogen (secondary N) is 3. The molecule has 3 aromatic rings. The molecule has 7 aliphatic rings. The van der Waals surface area contributed by atoms with Crippen LogP contribution in [-0.2, 0) is 31.0 Å². The van der Waals surface area contributed by atoms with Gasteiger partial charge in [-0.15, -0.1) is 0 Å². The normalized spacial score (nSPS) is 25.3. The van der Waals surface area contributed by atoms with Gasteiger partial charge in [-0.25, -0.2) is 9.78 Å². The lowest BCUT2D eigenvalue weighted by Gasteiger charge is -2.43. The minimum atomic E-state index is -0.980. The van der Waals surface area contributed by atoms with Gasteiger partial charge in [-0.05, 0) is 122 Å². The average molecular weight is 1030 g/mol. The third-order valence-electron chi connectivity index (χ3n) is 17.1. The summed E-state index contributed by atoms with van der Waals surface area (Å²) >= 11 is 0. The SMILES string of the molecule is CCOC(=O)c1c(C)nc(Nc2cnn(C)c2)nc1NC1CCC(N2CCN(C(=O)C3CCC(C(=O)N4CCC(CCN5CCN(c6ccc7c(c6)C(=O)N(C6CCC(=O)NC6=O)C7=O)CC5)CC4)CC3)CC2)CC1. The van der Waals surface area contributed by atoms with Gasteiger partial charge in [0.1, 0.15) is 17.4 Å². The standard InChI is InChI=1S/C54H73N13O8/c1-4-75-53(74)46-34(2)56-54(58-39-32-55-61(3)33-39)60-47(46)57-38-9-11-40(12-10-38)63-27-29-66(30-28-63)50(71)37-7-5-36(6-8-37)49(70)65-21-18-35(19-22-65)17-20-62-23-25-64(26-24-62)41-13-14-42-43(31-41)52(73)67(51(42)72)44-15-16-45(68)59-48(44)69/h13-14,31-33,35-38,40,44H,4-12,15-30H2,1-3H3,(H,59,68,69)(H2,56,57,58,60). The molecule has 7 heterocycles. The van der Waals surface area contributed by atoms with Crippen LogP contribution < -0.4 is 20.9 Å². The van der Waals surface area contributed by atoms with Crippen molar-refractivity contribution in [2.75, 3.05) is 94.1 Å². The number of hydrogen-bond donors (Lipinski definition) is 3. The number of esters is 1. The van der Waals surface area contributed by atoms with Crippen LogP contribution in [0.1, 0.15) is 127 Å². The van der Waals surface area contributed by atoms with E-state index in [1.807, 2.05) is 19.3 Å². The second-order valence-electron chi connectivity index (χ2n) is 21.7. The predicted molar refractivity (Wildman–Crippen MR) is 278 cm³/mol. The molecule has 5 aliphatic heterocycles. The number of rotatable bonds is 14. The van der Waals surface area contributed by atoms with E-state index in [9.17, 15) is 33.6 Å². The van der Waals surface area contributed by atoms with Crippen LogP contribution >= 0.6 is 0 Å². The number of nitrogens with zero attached hydrogens (tertiary/aromatic N) is 10. The first kappa shape index (κ1) is 52.0. The lowest BCUT2D eigenvalue weighted by atomic mass is 9.80. The van der Waals surface area contributed by atoms with E-state index in [4.69, 9.17) is 9.72 Å².